The summed E-state index contributed by atoms with van der Waals surface area (Å²) in [5, 5.41) is 10.2. The lowest BCUT2D eigenvalue weighted by Gasteiger charge is -2.13. The minimum Gasteiger partial charge on any atom is -0.382 e. The van der Waals surface area contributed by atoms with Gasteiger partial charge in [-0.3, -0.25) is 4.79 Å². The molecular formula is C7H8F3NO2. The highest BCUT2D eigenvalue weighted by molar-refractivity contribution is 5.93. The normalized spacial score (nSPS) is 12.7. The zero-order valence-electron chi connectivity index (χ0n) is 6.77. The van der Waals surface area contributed by atoms with Gasteiger partial charge in [-0.2, -0.15) is 13.2 Å². The van der Waals surface area contributed by atoms with Crippen LogP contribution >= 0.6 is 0 Å². The summed E-state index contributed by atoms with van der Waals surface area (Å²) in [5.74, 6) is 3.34. The van der Waals surface area contributed by atoms with Crippen LogP contribution in [0.15, 0.2) is 0 Å². The third-order valence-corrected chi connectivity index (χ3v) is 1.07. The molecule has 0 aromatic rings. The van der Waals surface area contributed by atoms with Crippen molar-refractivity contribution in [3.63, 3.8) is 0 Å². The van der Waals surface area contributed by atoms with E-state index in [0.29, 0.717) is 0 Å². The Morgan fingerprint density at radius 2 is 2.15 bits per heavy atom. The third kappa shape index (κ3) is 5.09. The molecule has 0 saturated carbocycles. The number of carbonyl (C=O) groups is 1. The number of hydrogen-bond acceptors (Lipinski definition) is 2. The van der Waals surface area contributed by atoms with Gasteiger partial charge in [0.2, 0.25) is 0 Å². The molecule has 1 amide bonds. The van der Waals surface area contributed by atoms with E-state index in [-0.39, 0.29) is 0 Å². The first-order chi connectivity index (χ1) is 5.88. The molecule has 0 saturated heterocycles. The molecule has 0 aliphatic carbocycles. The molecule has 13 heavy (non-hydrogen) atoms. The SMILES string of the molecule is CC#CC(=O)NC[C@@H](O)C(F)(F)F. The predicted molar refractivity (Wildman–Crippen MR) is 38.5 cm³/mol. The first kappa shape index (κ1) is 11.8. The fraction of sp³-hybridized carbons (Fsp3) is 0.571. The van der Waals surface area contributed by atoms with Gasteiger partial charge in [-0.1, -0.05) is 5.92 Å². The highest BCUT2D eigenvalue weighted by atomic mass is 19.4. The van der Waals surface area contributed by atoms with E-state index in [2.05, 4.69) is 5.92 Å². The van der Waals surface area contributed by atoms with Gasteiger partial charge >= 0.3 is 6.18 Å². The summed E-state index contributed by atoms with van der Waals surface area (Å²) in [6, 6.07) is 0. The van der Waals surface area contributed by atoms with Gasteiger partial charge in [0, 0.05) is 0 Å². The van der Waals surface area contributed by atoms with Crippen molar-refractivity contribution < 1.29 is 23.1 Å². The summed E-state index contributed by atoms with van der Waals surface area (Å²) < 4.78 is 34.9. The Balaban J connectivity index is 3.88. The average Bonchev–Trinajstić information content (AvgIpc) is 1.99. The van der Waals surface area contributed by atoms with E-state index in [9.17, 15) is 18.0 Å². The number of rotatable bonds is 2. The van der Waals surface area contributed by atoms with Crippen LogP contribution in [0.2, 0.25) is 0 Å². The maximum Gasteiger partial charge on any atom is 0.416 e. The van der Waals surface area contributed by atoms with E-state index >= 15 is 0 Å². The van der Waals surface area contributed by atoms with Gasteiger partial charge in [-0.15, -0.1) is 0 Å². The first-order valence-electron chi connectivity index (χ1n) is 3.33. The van der Waals surface area contributed by atoms with Crippen molar-refractivity contribution in [2.24, 2.45) is 0 Å². The van der Waals surface area contributed by atoms with Crippen molar-refractivity contribution in [3.05, 3.63) is 0 Å². The van der Waals surface area contributed by atoms with E-state index in [1.54, 1.807) is 0 Å². The van der Waals surface area contributed by atoms with Gasteiger partial charge in [0.05, 0.1) is 6.54 Å². The van der Waals surface area contributed by atoms with E-state index in [1.807, 2.05) is 11.2 Å². The largest absolute Gasteiger partial charge is 0.416 e. The Morgan fingerprint density at radius 1 is 1.62 bits per heavy atom. The minimum absolute atomic E-state index is 0.842. The zero-order chi connectivity index (χ0) is 10.5. The van der Waals surface area contributed by atoms with E-state index in [1.165, 1.54) is 6.92 Å². The van der Waals surface area contributed by atoms with Crippen LogP contribution in [0, 0.1) is 11.8 Å². The molecule has 0 bridgehead atoms. The highest BCUT2D eigenvalue weighted by Crippen LogP contribution is 2.18. The molecule has 0 spiro atoms. The molecule has 74 valence electrons. The maximum atomic E-state index is 11.6. The molecular weight excluding hydrogens is 187 g/mol. The smallest absolute Gasteiger partial charge is 0.382 e. The number of amides is 1. The Labute approximate surface area is 72.9 Å². The molecule has 1 atom stereocenters. The first-order valence-corrected chi connectivity index (χ1v) is 3.33. The van der Waals surface area contributed by atoms with Crippen molar-refractivity contribution >= 4 is 5.91 Å². The topological polar surface area (TPSA) is 49.3 Å². The number of carbonyl (C=O) groups excluding carboxylic acids is 1. The van der Waals surface area contributed by atoms with Gasteiger partial charge in [-0.05, 0) is 12.8 Å². The van der Waals surface area contributed by atoms with Crippen molar-refractivity contribution in [3.8, 4) is 11.8 Å². The van der Waals surface area contributed by atoms with Crippen molar-refractivity contribution in [2.75, 3.05) is 6.54 Å². The van der Waals surface area contributed by atoms with Crippen LogP contribution in [0.5, 0.6) is 0 Å². The second kappa shape index (κ2) is 4.72. The van der Waals surface area contributed by atoms with Crippen LogP contribution in [0.25, 0.3) is 0 Å². The van der Waals surface area contributed by atoms with Gasteiger partial charge < -0.3 is 10.4 Å². The van der Waals surface area contributed by atoms with Gasteiger partial charge in [0.15, 0.2) is 6.10 Å². The molecule has 0 aliphatic heterocycles. The summed E-state index contributed by atoms with van der Waals surface area (Å²) in [6.07, 6.45) is -7.26. The number of aliphatic hydroxyl groups is 1. The lowest BCUT2D eigenvalue weighted by Crippen LogP contribution is -2.40. The highest BCUT2D eigenvalue weighted by Gasteiger charge is 2.38. The monoisotopic (exact) mass is 195 g/mol. The maximum absolute atomic E-state index is 11.6. The van der Waals surface area contributed by atoms with Crippen LogP contribution < -0.4 is 5.32 Å². The third-order valence-electron chi connectivity index (χ3n) is 1.07. The van der Waals surface area contributed by atoms with E-state index in [0.717, 1.165) is 0 Å². The molecule has 0 unspecified atom stereocenters. The number of hydrogen-bond donors (Lipinski definition) is 2. The molecule has 0 fully saturated rings. The van der Waals surface area contributed by atoms with Crippen molar-refractivity contribution in [2.45, 2.75) is 19.2 Å². The fourth-order valence-corrected chi connectivity index (χ4v) is 0.463. The van der Waals surface area contributed by atoms with E-state index < -0.39 is 24.7 Å². The average molecular weight is 195 g/mol. The second-order valence-electron chi connectivity index (χ2n) is 2.14. The second-order valence-corrected chi connectivity index (χ2v) is 2.14. The van der Waals surface area contributed by atoms with Gasteiger partial charge in [-0.25, -0.2) is 0 Å². The molecule has 3 nitrogen and oxygen atoms in total. The quantitative estimate of drug-likeness (QED) is 0.611. The summed E-state index contributed by atoms with van der Waals surface area (Å²) >= 11 is 0. The lowest BCUT2D eigenvalue weighted by atomic mass is 10.3. The molecule has 0 radical (unpaired) electrons. The standard InChI is InChI=1S/C7H8F3NO2/c1-2-3-6(13)11-4-5(12)7(8,9)10/h5,12H,4H2,1H3,(H,11,13)/t5-/m1/s1. The van der Waals surface area contributed by atoms with Gasteiger partial charge in [0.25, 0.3) is 5.91 Å². The summed E-state index contributed by atoms with van der Waals surface area (Å²) in [6.45, 7) is 0.497. The molecule has 0 aromatic carbocycles. The molecule has 6 heteroatoms. The van der Waals surface area contributed by atoms with Crippen LogP contribution in [0.4, 0.5) is 13.2 Å². The summed E-state index contributed by atoms with van der Waals surface area (Å²) in [4.78, 5) is 10.5. The molecule has 0 aromatic heterocycles. The molecule has 0 aliphatic rings. The zero-order valence-corrected chi connectivity index (χ0v) is 6.77. The van der Waals surface area contributed by atoms with Crippen molar-refractivity contribution in [1.29, 1.82) is 0 Å². The number of alkyl halides is 3. The van der Waals surface area contributed by atoms with E-state index in [4.69, 9.17) is 5.11 Å². The Bertz CT molecular complexity index is 238. The van der Waals surface area contributed by atoms with Gasteiger partial charge in [0.1, 0.15) is 0 Å². The minimum atomic E-state index is -4.72. The Morgan fingerprint density at radius 3 is 2.54 bits per heavy atom. The summed E-state index contributed by atoms with van der Waals surface area (Å²) in [5.41, 5.74) is 0. The predicted octanol–water partition coefficient (Wildman–Crippen LogP) is 0.0491. The molecule has 0 rings (SSSR count). The number of aliphatic hydroxyl groups excluding tert-OH is 1. The Hall–Kier alpha value is -1.22. The van der Waals surface area contributed by atoms with Crippen LogP contribution in [0.1, 0.15) is 6.92 Å². The summed E-state index contributed by atoms with van der Waals surface area (Å²) in [7, 11) is 0. The van der Waals surface area contributed by atoms with Crippen LogP contribution in [-0.2, 0) is 4.79 Å². The number of halogens is 3. The number of nitrogens with one attached hydrogen (secondary N) is 1. The molecule has 0 heterocycles. The Kier molecular flexibility index (Phi) is 4.28. The van der Waals surface area contributed by atoms with Crippen LogP contribution in [0.3, 0.4) is 0 Å². The fourth-order valence-electron chi connectivity index (χ4n) is 0.463. The molecule has 2 N–H and O–H groups in total. The van der Waals surface area contributed by atoms with Crippen molar-refractivity contribution in [1.82, 2.24) is 5.32 Å². The lowest BCUT2D eigenvalue weighted by molar-refractivity contribution is -0.201. The van der Waals surface area contributed by atoms with Crippen LogP contribution in [-0.4, -0.2) is 29.8 Å².